The maximum atomic E-state index is 12.8. The van der Waals surface area contributed by atoms with Gasteiger partial charge < -0.3 is 9.88 Å². The fourth-order valence-corrected chi connectivity index (χ4v) is 4.58. The van der Waals surface area contributed by atoms with Crippen LogP contribution in [0.2, 0.25) is 0 Å². The molecule has 3 aliphatic rings. The average Bonchev–Trinajstić information content (AvgIpc) is 3.58. The Morgan fingerprint density at radius 3 is 2.50 bits per heavy atom. The topological polar surface area (TPSA) is 69.3 Å². The number of amides is 1. The molecule has 2 fully saturated rings. The van der Waals surface area contributed by atoms with E-state index in [0.717, 1.165) is 44.6 Å². The van der Waals surface area contributed by atoms with E-state index < -0.39 is 0 Å². The molecule has 5 rings (SSSR count). The number of fused-ring (bicyclic) bond motifs is 1. The van der Waals surface area contributed by atoms with E-state index in [4.69, 9.17) is 0 Å². The fraction of sp³-hybridized carbons (Fsp3) is 0.500. The number of aromatic amines is 1. The molecule has 28 heavy (non-hydrogen) atoms. The minimum Gasteiger partial charge on any atom is -0.336 e. The zero-order valence-corrected chi connectivity index (χ0v) is 16.1. The molecule has 0 radical (unpaired) electrons. The van der Waals surface area contributed by atoms with Gasteiger partial charge in [0.05, 0.1) is 0 Å². The number of nitrogens with one attached hydrogen (secondary N) is 1. The van der Waals surface area contributed by atoms with Gasteiger partial charge in [-0.15, -0.1) is 0 Å². The normalized spacial score (nSPS) is 22.7. The van der Waals surface area contributed by atoms with E-state index in [2.05, 4.69) is 39.1 Å². The molecule has 6 nitrogen and oxygen atoms in total. The number of rotatable bonds is 3. The molecular formula is C22H26N4O2. The molecule has 1 N–H and O–H groups in total. The average molecular weight is 378 g/mol. The molecule has 1 aromatic carbocycles. The Morgan fingerprint density at radius 2 is 1.79 bits per heavy atom. The van der Waals surface area contributed by atoms with Gasteiger partial charge in [0.15, 0.2) is 0 Å². The van der Waals surface area contributed by atoms with Gasteiger partial charge in [-0.05, 0) is 43.2 Å². The van der Waals surface area contributed by atoms with E-state index in [1.165, 1.54) is 23.7 Å². The van der Waals surface area contributed by atoms with Gasteiger partial charge >= 0.3 is 0 Å². The van der Waals surface area contributed by atoms with Crippen LogP contribution in [0, 0.1) is 0 Å². The highest BCUT2D eigenvalue weighted by Crippen LogP contribution is 2.37. The summed E-state index contributed by atoms with van der Waals surface area (Å²) < 4.78 is 0. The van der Waals surface area contributed by atoms with Crippen molar-refractivity contribution in [2.24, 2.45) is 0 Å². The molecule has 1 saturated carbocycles. The SMILES string of the molecule is O=C(c1cnc(C2CC2)[nH]c1=O)N1CCN([C@@H]2CCc3ccccc3C2)CC1. The van der Waals surface area contributed by atoms with E-state index in [0.29, 0.717) is 25.0 Å². The Balaban J connectivity index is 1.21. The number of hydrogen-bond acceptors (Lipinski definition) is 4. The first kappa shape index (κ1) is 17.6. The van der Waals surface area contributed by atoms with Crippen molar-refractivity contribution in [2.45, 2.75) is 44.1 Å². The smallest absolute Gasteiger partial charge is 0.263 e. The summed E-state index contributed by atoms with van der Waals surface area (Å²) in [5.74, 6) is 0.912. The molecule has 1 aromatic heterocycles. The van der Waals surface area contributed by atoms with Crippen molar-refractivity contribution in [2.75, 3.05) is 26.2 Å². The maximum absolute atomic E-state index is 12.8. The first-order chi connectivity index (χ1) is 13.7. The molecule has 1 aliphatic heterocycles. The van der Waals surface area contributed by atoms with Crippen LogP contribution >= 0.6 is 0 Å². The number of piperazine rings is 1. The van der Waals surface area contributed by atoms with Crippen molar-refractivity contribution in [3.63, 3.8) is 0 Å². The number of aryl methyl sites for hydroxylation is 1. The van der Waals surface area contributed by atoms with Crippen LogP contribution in [-0.2, 0) is 12.8 Å². The third-order valence-corrected chi connectivity index (χ3v) is 6.45. The monoisotopic (exact) mass is 378 g/mol. The molecule has 2 aliphatic carbocycles. The zero-order chi connectivity index (χ0) is 19.1. The molecule has 2 heterocycles. The van der Waals surface area contributed by atoms with Gasteiger partial charge in [-0.1, -0.05) is 24.3 Å². The Kier molecular flexibility index (Phi) is 4.51. The molecule has 1 saturated heterocycles. The molecule has 0 spiro atoms. The number of benzene rings is 1. The summed E-state index contributed by atoms with van der Waals surface area (Å²) in [6.45, 7) is 3.07. The van der Waals surface area contributed by atoms with E-state index >= 15 is 0 Å². The lowest BCUT2D eigenvalue weighted by atomic mass is 9.87. The lowest BCUT2D eigenvalue weighted by Gasteiger charge is -2.41. The minimum atomic E-state index is -0.298. The standard InChI is InChI=1S/C22H26N4O2/c27-21-19(14-23-20(24-21)16-5-6-16)22(28)26-11-9-25(10-12-26)18-8-7-15-3-1-2-4-17(15)13-18/h1-4,14,16,18H,5-13H2,(H,23,24,27)/t18-/m1/s1. The second-order valence-electron chi connectivity index (χ2n) is 8.28. The molecular weight excluding hydrogens is 352 g/mol. The van der Waals surface area contributed by atoms with E-state index in [9.17, 15) is 9.59 Å². The Hall–Kier alpha value is -2.47. The largest absolute Gasteiger partial charge is 0.336 e. The molecule has 1 atom stereocenters. The Bertz CT molecular complexity index is 942. The van der Waals surface area contributed by atoms with Crippen LogP contribution in [0.4, 0.5) is 0 Å². The third-order valence-electron chi connectivity index (χ3n) is 6.45. The highest BCUT2D eigenvalue weighted by molar-refractivity contribution is 5.93. The van der Waals surface area contributed by atoms with Crippen LogP contribution < -0.4 is 5.56 Å². The fourth-order valence-electron chi connectivity index (χ4n) is 4.58. The lowest BCUT2D eigenvalue weighted by Crippen LogP contribution is -2.53. The third kappa shape index (κ3) is 3.37. The summed E-state index contributed by atoms with van der Waals surface area (Å²) >= 11 is 0. The molecule has 6 heteroatoms. The zero-order valence-electron chi connectivity index (χ0n) is 16.1. The number of carbonyl (C=O) groups is 1. The first-order valence-electron chi connectivity index (χ1n) is 10.4. The van der Waals surface area contributed by atoms with Crippen molar-refractivity contribution in [3.8, 4) is 0 Å². The van der Waals surface area contributed by atoms with Crippen molar-refractivity contribution >= 4 is 5.91 Å². The second kappa shape index (κ2) is 7.17. The van der Waals surface area contributed by atoms with Gasteiger partial charge in [0.1, 0.15) is 11.4 Å². The van der Waals surface area contributed by atoms with Crippen molar-refractivity contribution in [1.82, 2.24) is 19.8 Å². The number of aromatic nitrogens is 2. The highest BCUT2D eigenvalue weighted by atomic mass is 16.2. The van der Waals surface area contributed by atoms with Gasteiger partial charge in [-0.3, -0.25) is 14.5 Å². The molecule has 2 aromatic rings. The summed E-state index contributed by atoms with van der Waals surface area (Å²) in [6.07, 6.45) is 7.02. The van der Waals surface area contributed by atoms with Crippen LogP contribution in [0.5, 0.6) is 0 Å². The summed E-state index contributed by atoms with van der Waals surface area (Å²) in [5.41, 5.74) is 2.82. The predicted molar refractivity (Wildman–Crippen MR) is 107 cm³/mol. The van der Waals surface area contributed by atoms with Crippen LogP contribution in [0.15, 0.2) is 35.3 Å². The van der Waals surface area contributed by atoms with E-state index in [1.807, 2.05) is 0 Å². The maximum Gasteiger partial charge on any atom is 0.263 e. The Labute approximate surface area is 164 Å². The number of carbonyl (C=O) groups excluding carboxylic acids is 1. The quantitative estimate of drug-likeness (QED) is 0.887. The lowest BCUT2D eigenvalue weighted by molar-refractivity contribution is 0.0551. The van der Waals surface area contributed by atoms with Gasteiger partial charge in [0.25, 0.3) is 11.5 Å². The van der Waals surface area contributed by atoms with E-state index in [-0.39, 0.29) is 17.0 Å². The summed E-state index contributed by atoms with van der Waals surface area (Å²) in [7, 11) is 0. The first-order valence-corrected chi connectivity index (χ1v) is 10.4. The number of H-pyrrole nitrogens is 1. The Morgan fingerprint density at radius 1 is 1.04 bits per heavy atom. The minimum absolute atomic E-state index is 0.171. The molecule has 0 unspecified atom stereocenters. The van der Waals surface area contributed by atoms with Crippen molar-refractivity contribution < 1.29 is 4.79 Å². The number of hydrogen-bond donors (Lipinski definition) is 1. The molecule has 1 amide bonds. The molecule has 0 bridgehead atoms. The second-order valence-corrected chi connectivity index (χ2v) is 8.28. The molecule has 146 valence electrons. The van der Waals surface area contributed by atoms with Crippen LogP contribution in [0.25, 0.3) is 0 Å². The van der Waals surface area contributed by atoms with Crippen molar-refractivity contribution in [3.05, 3.63) is 63.3 Å². The predicted octanol–water partition coefficient (Wildman–Crippen LogP) is 1.96. The summed E-state index contributed by atoms with van der Waals surface area (Å²) in [6, 6.07) is 9.28. The summed E-state index contributed by atoms with van der Waals surface area (Å²) in [5, 5.41) is 0. The van der Waals surface area contributed by atoms with E-state index in [1.54, 1.807) is 4.90 Å². The van der Waals surface area contributed by atoms with Crippen LogP contribution in [-0.4, -0.2) is 57.9 Å². The summed E-state index contributed by atoms with van der Waals surface area (Å²) in [4.78, 5) is 36.6. The van der Waals surface area contributed by atoms with Gasteiger partial charge in [0.2, 0.25) is 0 Å². The van der Waals surface area contributed by atoms with Gasteiger partial charge in [-0.25, -0.2) is 4.98 Å². The van der Waals surface area contributed by atoms with Gasteiger partial charge in [-0.2, -0.15) is 0 Å². The van der Waals surface area contributed by atoms with Crippen LogP contribution in [0.3, 0.4) is 0 Å². The van der Waals surface area contributed by atoms with Crippen molar-refractivity contribution in [1.29, 1.82) is 0 Å². The van der Waals surface area contributed by atoms with Gasteiger partial charge in [0, 0.05) is 44.3 Å². The van der Waals surface area contributed by atoms with Crippen LogP contribution in [0.1, 0.15) is 52.5 Å². The highest BCUT2D eigenvalue weighted by Gasteiger charge is 2.31. The number of nitrogens with zero attached hydrogens (tertiary/aromatic N) is 3.